The molecule has 0 saturated carbocycles. The van der Waals surface area contributed by atoms with Crippen molar-refractivity contribution in [3.63, 3.8) is 0 Å². The number of amides is 1. The third kappa shape index (κ3) is 4.36. The number of hydrogen-bond acceptors (Lipinski definition) is 5. The van der Waals surface area contributed by atoms with Crippen LogP contribution in [0.25, 0.3) is 0 Å². The Hall–Kier alpha value is -2.78. The predicted molar refractivity (Wildman–Crippen MR) is 114 cm³/mol. The van der Waals surface area contributed by atoms with Crippen LogP contribution in [-0.4, -0.2) is 37.0 Å². The van der Waals surface area contributed by atoms with Gasteiger partial charge in [0, 0.05) is 16.8 Å². The molecule has 1 N–H and O–H groups in total. The van der Waals surface area contributed by atoms with Crippen molar-refractivity contribution >= 4 is 39.3 Å². The van der Waals surface area contributed by atoms with Gasteiger partial charge in [0.25, 0.3) is 5.91 Å². The first-order valence-corrected chi connectivity index (χ1v) is 9.82. The van der Waals surface area contributed by atoms with Gasteiger partial charge in [-0.15, -0.1) is 0 Å². The molecule has 7 nitrogen and oxygen atoms in total. The Morgan fingerprint density at radius 3 is 2.53 bits per heavy atom. The van der Waals surface area contributed by atoms with Gasteiger partial charge >= 0.3 is 0 Å². The molecule has 0 atom stereocenters. The minimum atomic E-state index is -0.470. The Balaban J connectivity index is 1.86. The van der Waals surface area contributed by atoms with E-state index < -0.39 is 11.7 Å². The van der Waals surface area contributed by atoms with E-state index in [-0.39, 0.29) is 23.7 Å². The van der Waals surface area contributed by atoms with Gasteiger partial charge in [-0.05, 0) is 40.2 Å². The molecule has 0 radical (unpaired) electrons. The van der Waals surface area contributed by atoms with E-state index in [1.165, 1.54) is 38.1 Å². The maximum atomic E-state index is 14.0. The van der Waals surface area contributed by atoms with Crippen LogP contribution in [0.2, 0.25) is 5.02 Å². The van der Waals surface area contributed by atoms with Crippen LogP contribution >= 0.6 is 27.5 Å². The number of methoxy groups -OCH3 is 3. The summed E-state index contributed by atoms with van der Waals surface area (Å²) < 4.78 is 31.9. The van der Waals surface area contributed by atoms with E-state index in [1.807, 2.05) is 0 Å². The lowest BCUT2D eigenvalue weighted by Crippen LogP contribution is -2.15. The molecule has 10 heteroatoms. The second-order valence-electron chi connectivity index (χ2n) is 6.06. The van der Waals surface area contributed by atoms with Gasteiger partial charge in [0.2, 0.25) is 5.75 Å². The molecule has 0 spiro atoms. The van der Waals surface area contributed by atoms with Crippen molar-refractivity contribution in [2.45, 2.75) is 6.54 Å². The van der Waals surface area contributed by atoms with E-state index in [9.17, 15) is 9.18 Å². The third-order valence-corrected chi connectivity index (χ3v) is 5.21. The first-order chi connectivity index (χ1) is 14.4. The van der Waals surface area contributed by atoms with Gasteiger partial charge in [0.1, 0.15) is 5.82 Å². The molecule has 30 heavy (non-hydrogen) atoms. The van der Waals surface area contributed by atoms with Gasteiger partial charge in [0.15, 0.2) is 17.3 Å². The molecule has 0 aliphatic rings. The predicted octanol–water partition coefficient (Wildman–Crippen LogP) is 4.76. The van der Waals surface area contributed by atoms with Crippen molar-refractivity contribution < 1.29 is 23.4 Å². The monoisotopic (exact) mass is 497 g/mol. The van der Waals surface area contributed by atoms with Crippen molar-refractivity contribution in [1.82, 2.24) is 9.78 Å². The minimum absolute atomic E-state index is 0.0969. The third-order valence-electron chi connectivity index (χ3n) is 4.28. The molecule has 0 bridgehead atoms. The molecular formula is C20H18BrClFN3O4. The Morgan fingerprint density at radius 2 is 1.90 bits per heavy atom. The van der Waals surface area contributed by atoms with Crippen LogP contribution in [0.15, 0.2) is 41.0 Å². The highest BCUT2D eigenvalue weighted by Crippen LogP contribution is 2.40. The summed E-state index contributed by atoms with van der Waals surface area (Å²) in [5, 5.41) is 7.30. The summed E-state index contributed by atoms with van der Waals surface area (Å²) in [4.78, 5) is 12.9. The number of rotatable bonds is 7. The lowest BCUT2D eigenvalue weighted by atomic mass is 10.1. The van der Waals surface area contributed by atoms with E-state index in [0.717, 1.165) is 0 Å². The van der Waals surface area contributed by atoms with Gasteiger partial charge in [-0.2, -0.15) is 5.10 Å². The average Bonchev–Trinajstić information content (AvgIpc) is 3.08. The van der Waals surface area contributed by atoms with Crippen molar-refractivity contribution in [2.75, 3.05) is 26.6 Å². The minimum Gasteiger partial charge on any atom is -0.493 e. The first kappa shape index (κ1) is 21.9. The Labute approximate surface area is 185 Å². The summed E-state index contributed by atoms with van der Waals surface area (Å²) in [7, 11) is 4.37. The van der Waals surface area contributed by atoms with Crippen LogP contribution in [0.3, 0.4) is 0 Å². The van der Waals surface area contributed by atoms with E-state index in [1.54, 1.807) is 24.4 Å². The standard InChI is InChI=1S/C20H18BrClFN3O4/c1-28-16-8-7-11(17(29-2)18(16)30-3)20(27)24-19-13(21)10-26(25-19)9-12-14(22)5-4-6-15(12)23/h4-8,10H,9H2,1-3H3,(H,24,25,27). The summed E-state index contributed by atoms with van der Waals surface area (Å²) in [6.07, 6.45) is 1.62. The van der Waals surface area contributed by atoms with Gasteiger partial charge < -0.3 is 19.5 Å². The van der Waals surface area contributed by atoms with Crippen LogP contribution in [-0.2, 0) is 6.54 Å². The van der Waals surface area contributed by atoms with E-state index in [4.69, 9.17) is 25.8 Å². The molecule has 3 aromatic rings. The number of carbonyl (C=O) groups is 1. The van der Waals surface area contributed by atoms with Crippen molar-refractivity contribution in [2.24, 2.45) is 0 Å². The van der Waals surface area contributed by atoms with Gasteiger partial charge in [-0.1, -0.05) is 17.7 Å². The highest BCUT2D eigenvalue weighted by Gasteiger charge is 2.22. The molecular weight excluding hydrogens is 481 g/mol. The number of anilines is 1. The molecule has 0 unspecified atom stereocenters. The molecule has 3 rings (SSSR count). The SMILES string of the molecule is COc1ccc(C(=O)Nc2nn(Cc3c(F)cccc3Cl)cc2Br)c(OC)c1OC. The number of nitrogens with zero attached hydrogens (tertiary/aromatic N) is 2. The highest BCUT2D eigenvalue weighted by atomic mass is 79.9. The summed E-state index contributed by atoms with van der Waals surface area (Å²) in [6, 6.07) is 7.61. The lowest BCUT2D eigenvalue weighted by molar-refractivity contribution is 0.102. The van der Waals surface area contributed by atoms with Gasteiger partial charge in [-0.25, -0.2) is 4.39 Å². The van der Waals surface area contributed by atoms with Gasteiger partial charge in [-0.3, -0.25) is 9.48 Å². The zero-order valence-corrected chi connectivity index (χ0v) is 18.7. The van der Waals surface area contributed by atoms with Crippen molar-refractivity contribution in [3.05, 3.63) is 63.0 Å². The van der Waals surface area contributed by atoms with Crippen molar-refractivity contribution in [3.8, 4) is 17.2 Å². The van der Waals surface area contributed by atoms with Gasteiger partial charge in [0.05, 0.1) is 37.9 Å². The van der Waals surface area contributed by atoms with Crippen LogP contribution in [0.4, 0.5) is 10.2 Å². The maximum absolute atomic E-state index is 14.0. The number of nitrogens with one attached hydrogen (secondary N) is 1. The molecule has 1 amide bonds. The Bertz CT molecular complexity index is 1070. The quantitative estimate of drug-likeness (QED) is 0.508. The fourth-order valence-corrected chi connectivity index (χ4v) is 3.50. The van der Waals surface area contributed by atoms with E-state index in [2.05, 4.69) is 26.3 Å². The van der Waals surface area contributed by atoms with Crippen LogP contribution in [0.5, 0.6) is 17.2 Å². The number of carbonyl (C=O) groups excluding carboxylic acids is 1. The van der Waals surface area contributed by atoms with E-state index >= 15 is 0 Å². The summed E-state index contributed by atoms with van der Waals surface area (Å²) in [6.45, 7) is 0.0969. The number of halogens is 3. The first-order valence-electron chi connectivity index (χ1n) is 8.65. The summed E-state index contributed by atoms with van der Waals surface area (Å²) >= 11 is 9.43. The molecule has 158 valence electrons. The van der Waals surface area contributed by atoms with E-state index in [0.29, 0.717) is 26.6 Å². The topological polar surface area (TPSA) is 74.6 Å². The van der Waals surface area contributed by atoms with Crippen LogP contribution < -0.4 is 19.5 Å². The number of ether oxygens (including phenoxy) is 3. The van der Waals surface area contributed by atoms with Crippen molar-refractivity contribution in [1.29, 1.82) is 0 Å². The number of aromatic nitrogens is 2. The molecule has 1 aromatic heterocycles. The lowest BCUT2D eigenvalue weighted by Gasteiger charge is -2.15. The number of benzene rings is 2. The summed E-state index contributed by atoms with van der Waals surface area (Å²) in [5.41, 5.74) is 0.530. The van der Waals surface area contributed by atoms with Crippen LogP contribution in [0.1, 0.15) is 15.9 Å². The smallest absolute Gasteiger partial charge is 0.260 e. The fourth-order valence-electron chi connectivity index (χ4n) is 2.86. The fraction of sp³-hybridized carbons (Fsp3) is 0.200. The molecule has 1 heterocycles. The Kier molecular flexibility index (Phi) is 6.84. The normalized spacial score (nSPS) is 10.6. The molecule has 0 saturated heterocycles. The largest absolute Gasteiger partial charge is 0.493 e. The molecule has 0 aliphatic heterocycles. The highest BCUT2D eigenvalue weighted by molar-refractivity contribution is 9.10. The zero-order chi connectivity index (χ0) is 21.8. The molecule has 2 aromatic carbocycles. The Morgan fingerprint density at radius 1 is 1.17 bits per heavy atom. The average molecular weight is 499 g/mol. The number of hydrogen-bond donors (Lipinski definition) is 1. The second kappa shape index (κ2) is 9.36. The summed E-state index contributed by atoms with van der Waals surface area (Å²) in [5.74, 6) is 0.300. The molecule has 0 fully saturated rings. The van der Waals surface area contributed by atoms with Crippen LogP contribution in [0, 0.1) is 5.82 Å². The maximum Gasteiger partial charge on any atom is 0.260 e. The zero-order valence-electron chi connectivity index (χ0n) is 16.3. The second-order valence-corrected chi connectivity index (χ2v) is 7.32. The molecule has 0 aliphatic carbocycles.